The lowest BCUT2D eigenvalue weighted by molar-refractivity contribution is -0.120. The zero-order valence-electron chi connectivity index (χ0n) is 16.2. The van der Waals surface area contributed by atoms with Gasteiger partial charge in [0.1, 0.15) is 10.8 Å². The predicted octanol–water partition coefficient (Wildman–Crippen LogP) is 4.62. The van der Waals surface area contributed by atoms with E-state index in [2.05, 4.69) is 39.5 Å². The standard InChI is InChI=1S/C23H24N4OS/c28-23(25-20-9-5-2-6-10-20)19-11-13-27(14-12-19)21-15-24-16-22(26-21)29-17-18-7-3-1-4-8-18/h1-10,15-16,19H,11-14,17H2,(H,25,28). The average Bonchev–Trinajstić information content (AvgIpc) is 2.79. The number of para-hydroxylation sites is 1. The normalized spacial score (nSPS) is 14.6. The molecule has 0 radical (unpaired) electrons. The third-order valence-corrected chi connectivity index (χ3v) is 6.03. The topological polar surface area (TPSA) is 58.1 Å². The molecule has 0 atom stereocenters. The smallest absolute Gasteiger partial charge is 0.227 e. The monoisotopic (exact) mass is 404 g/mol. The quantitative estimate of drug-likeness (QED) is 0.607. The molecule has 5 nitrogen and oxygen atoms in total. The van der Waals surface area contributed by atoms with Gasteiger partial charge >= 0.3 is 0 Å². The molecule has 1 fully saturated rings. The van der Waals surface area contributed by atoms with Gasteiger partial charge in [0.15, 0.2) is 0 Å². The number of nitrogens with one attached hydrogen (secondary N) is 1. The second kappa shape index (κ2) is 9.56. The number of hydrogen-bond acceptors (Lipinski definition) is 5. The van der Waals surface area contributed by atoms with Gasteiger partial charge in [-0.2, -0.15) is 0 Å². The second-order valence-corrected chi connectivity index (χ2v) is 8.10. The van der Waals surface area contributed by atoms with Crippen LogP contribution in [0.15, 0.2) is 78.1 Å². The van der Waals surface area contributed by atoms with E-state index in [4.69, 9.17) is 4.98 Å². The van der Waals surface area contributed by atoms with Gasteiger partial charge in [0.2, 0.25) is 5.91 Å². The van der Waals surface area contributed by atoms with Crippen LogP contribution in [0.5, 0.6) is 0 Å². The first kappa shape index (κ1) is 19.5. The molecular weight excluding hydrogens is 380 g/mol. The van der Waals surface area contributed by atoms with E-state index in [1.807, 2.05) is 48.8 Å². The summed E-state index contributed by atoms with van der Waals surface area (Å²) in [5.41, 5.74) is 2.13. The van der Waals surface area contributed by atoms with Gasteiger partial charge < -0.3 is 10.2 Å². The molecule has 0 aliphatic carbocycles. The third-order valence-electron chi connectivity index (χ3n) is 5.06. The zero-order valence-corrected chi connectivity index (χ0v) is 17.0. The van der Waals surface area contributed by atoms with Crippen LogP contribution < -0.4 is 10.2 Å². The Morgan fingerprint density at radius 1 is 1.00 bits per heavy atom. The number of amides is 1. The number of hydrogen-bond donors (Lipinski definition) is 1. The molecule has 6 heteroatoms. The molecular formula is C23H24N4OS. The van der Waals surface area contributed by atoms with Crippen molar-refractivity contribution in [3.63, 3.8) is 0 Å². The lowest BCUT2D eigenvalue weighted by Gasteiger charge is -2.32. The van der Waals surface area contributed by atoms with Gasteiger partial charge in [0.25, 0.3) is 0 Å². The molecule has 2 heterocycles. The minimum absolute atomic E-state index is 0.0371. The van der Waals surface area contributed by atoms with Gasteiger partial charge in [-0.3, -0.25) is 9.78 Å². The maximum absolute atomic E-state index is 12.5. The fourth-order valence-corrected chi connectivity index (χ4v) is 4.23. The van der Waals surface area contributed by atoms with Gasteiger partial charge in [-0.15, -0.1) is 11.8 Å². The molecule has 0 unspecified atom stereocenters. The zero-order chi connectivity index (χ0) is 19.9. The van der Waals surface area contributed by atoms with E-state index < -0.39 is 0 Å². The van der Waals surface area contributed by atoms with Crippen molar-refractivity contribution in [2.45, 2.75) is 23.6 Å². The van der Waals surface area contributed by atoms with Crippen molar-refractivity contribution in [2.75, 3.05) is 23.3 Å². The van der Waals surface area contributed by atoms with Crippen LogP contribution in [-0.4, -0.2) is 29.0 Å². The molecule has 2 aromatic carbocycles. The number of carbonyl (C=O) groups excluding carboxylic acids is 1. The molecule has 1 aromatic heterocycles. The molecule has 1 saturated heterocycles. The summed E-state index contributed by atoms with van der Waals surface area (Å²) in [6, 6.07) is 20.0. The van der Waals surface area contributed by atoms with Crippen LogP contribution in [0.2, 0.25) is 0 Å². The second-order valence-electron chi connectivity index (χ2n) is 7.11. The van der Waals surface area contributed by atoms with Crippen LogP contribution in [-0.2, 0) is 10.5 Å². The van der Waals surface area contributed by atoms with E-state index in [1.54, 1.807) is 11.8 Å². The number of piperidine rings is 1. The van der Waals surface area contributed by atoms with E-state index in [0.717, 1.165) is 48.2 Å². The van der Waals surface area contributed by atoms with Crippen LogP contribution in [0.25, 0.3) is 0 Å². The Balaban J connectivity index is 1.31. The summed E-state index contributed by atoms with van der Waals surface area (Å²) >= 11 is 1.69. The number of benzene rings is 2. The van der Waals surface area contributed by atoms with Gasteiger partial charge in [0, 0.05) is 30.4 Å². The predicted molar refractivity (Wildman–Crippen MR) is 118 cm³/mol. The summed E-state index contributed by atoms with van der Waals surface area (Å²) in [5, 5.41) is 3.95. The first-order valence-corrected chi connectivity index (χ1v) is 10.9. The highest BCUT2D eigenvalue weighted by molar-refractivity contribution is 7.98. The van der Waals surface area contributed by atoms with E-state index in [-0.39, 0.29) is 11.8 Å². The van der Waals surface area contributed by atoms with Crippen molar-refractivity contribution in [1.82, 2.24) is 9.97 Å². The largest absolute Gasteiger partial charge is 0.355 e. The highest BCUT2D eigenvalue weighted by atomic mass is 32.2. The van der Waals surface area contributed by atoms with Crippen LogP contribution in [0.4, 0.5) is 11.5 Å². The summed E-state index contributed by atoms with van der Waals surface area (Å²) in [6.07, 6.45) is 5.28. The molecule has 29 heavy (non-hydrogen) atoms. The van der Waals surface area contributed by atoms with Crippen molar-refractivity contribution in [2.24, 2.45) is 5.92 Å². The van der Waals surface area contributed by atoms with Crippen molar-refractivity contribution in [3.05, 3.63) is 78.6 Å². The molecule has 1 aliphatic rings. The first-order chi connectivity index (χ1) is 14.3. The molecule has 1 amide bonds. The summed E-state index contributed by atoms with van der Waals surface area (Å²) in [5.74, 6) is 1.91. The maximum Gasteiger partial charge on any atom is 0.227 e. The average molecular weight is 405 g/mol. The molecule has 3 aromatic rings. The lowest BCUT2D eigenvalue weighted by Crippen LogP contribution is -2.38. The fraction of sp³-hybridized carbons (Fsp3) is 0.261. The van der Waals surface area contributed by atoms with Gasteiger partial charge in [-0.05, 0) is 30.5 Å². The van der Waals surface area contributed by atoms with Gasteiger partial charge in [0.05, 0.1) is 12.4 Å². The van der Waals surface area contributed by atoms with E-state index in [1.165, 1.54) is 5.56 Å². The molecule has 4 rings (SSSR count). The van der Waals surface area contributed by atoms with Crippen molar-refractivity contribution in [1.29, 1.82) is 0 Å². The molecule has 0 bridgehead atoms. The molecule has 148 valence electrons. The highest BCUT2D eigenvalue weighted by Crippen LogP contribution is 2.26. The Morgan fingerprint density at radius 3 is 2.41 bits per heavy atom. The van der Waals surface area contributed by atoms with Crippen LogP contribution in [0, 0.1) is 5.92 Å². The Labute approximate surface area is 175 Å². The number of aromatic nitrogens is 2. The number of nitrogens with zero attached hydrogens (tertiary/aromatic N) is 3. The number of carbonyl (C=O) groups is 1. The van der Waals surface area contributed by atoms with E-state index in [9.17, 15) is 4.79 Å². The molecule has 0 saturated carbocycles. The Hall–Kier alpha value is -2.86. The Bertz CT molecular complexity index is 928. The minimum atomic E-state index is 0.0371. The number of rotatable bonds is 6. The Morgan fingerprint density at radius 2 is 1.69 bits per heavy atom. The molecule has 1 N–H and O–H groups in total. The van der Waals surface area contributed by atoms with Crippen LogP contribution >= 0.6 is 11.8 Å². The van der Waals surface area contributed by atoms with Crippen molar-refractivity contribution >= 4 is 29.2 Å². The summed E-state index contributed by atoms with van der Waals surface area (Å²) in [6.45, 7) is 1.63. The van der Waals surface area contributed by atoms with Gasteiger partial charge in [-0.1, -0.05) is 48.5 Å². The molecule has 0 spiro atoms. The molecule has 1 aliphatic heterocycles. The first-order valence-electron chi connectivity index (χ1n) is 9.87. The minimum Gasteiger partial charge on any atom is -0.355 e. The van der Waals surface area contributed by atoms with Crippen molar-refractivity contribution < 1.29 is 4.79 Å². The fourth-order valence-electron chi connectivity index (χ4n) is 3.43. The summed E-state index contributed by atoms with van der Waals surface area (Å²) in [7, 11) is 0. The lowest BCUT2D eigenvalue weighted by atomic mass is 9.96. The van der Waals surface area contributed by atoms with Crippen LogP contribution in [0.1, 0.15) is 18.4 Å². The SMILES string of the molecule is O=C(Nc1ccccc1)C1CCN(c2cncc(SCc3ccccc3)n2)CC1. The third kappa shape index (κ3) is 5.35. The highest BCUT2D eigenvalue weighted by Gasteiger charge is 2.26. The van der Waals surface area contributed by atoms with E-state index >= 15 is 0 Å². The van der Waals surface area contributed by atoms with Gasteiger partial charge in [-0.25, -0.2) is 4.98 Å². The number of anilines is 2. The summed E-state index contributed by atoms with van der Waals surface area (Å²) in [4.78, 5) is 23.9. The summed E-state index contributed by atoms with van der Waals surface area (Å²) < 4.78 is 0. The Kier molecular flexibility index (Phi) is 6.42. The number of thioether (sulfide) groups is 1. The maximum atomic E-state index is 12.5. The van der Waals surface area contributed by atoms with Crippen molar-refractivity contribution in [3.8, 4) is 0 Å². The van der Waals surface area contributed by atoms with E-state index in [0.29, 0.717) is 0 Å². The van der Waals surface area contributed by atoms with Crippen LogP contribution in [0.3, 0.4) is 0 Å².